The van der Waals surface area contributed by atoms with Crippen LogP contribution in [0.4, 0.5) is 0 Å². The van der Waals surface area contributed by atoms with Gasteiger partial charge in [-0.25, -0.2) is 0 Å². The first-order chi connectivity index (χ1) is 8.80. The highest BCUT2D eigenvalue weighted by atomic mass is 16.1. The zero-order valence-corrected chi connectivity index (χ0v) is 12.2. The predicted octanol–water partition coefficient (Wildman–Crippen LogP) is 4.62. The van der Waals surface area contributed by atoms with E-state index >= 15 is 0 Å². The molecule has 0 aromatic carbocycles. The van der Waals surface area contributed by atoms with Gasteiger partial charge in [0.05, 0.1) is 0 Å². The molecular weight excluding hydrogens is 222 g/mol. The number of hydrogen-bond acceptors (Lipinski definition) is 2. The number of carbonyl (C=O) groups is 1. The van der Waals surface area contributed by atoms with E-state index in [1.54, 1.807) is 12.3 Å². The maximum absolute atomic E-state index is 10.4. The van der Waals surface area contributed by atoms with Crippen molar-refractivity contribution in [3.8, 4) is 0 Å². The van der Waals surface area contributed by atoms with Gasteiger partial charge < -0.3 is 0 Å². The average molecular weight is 247 g/mol. The number of nitrogens with zero attached hydrogens (tertiary/aromatic N) is 1. The number of pyridine rings is 1. The molecule has 2 nitrogen and oxygen atoms in total. The summed E-state index contributed by atoms with van der Waals surface area (Å²) in [5.74, 6) is 0. The summed E-state index contributed by atoms with van der Waals surface area (Å²) in [6.07, 6.45) is 6.95. The maximum atomic E-state index is 10.4. The first-order valence-corrected chi connectivity index (χ1v) is 6.48. The number of carbonyl (C=O) groups excluding carboxylic acids is 1. The number of rotatable bonds is 4. The van der Waals surface area contributed by atoms with Gasteiger partial charge in [0.1, 0.15) is 0 Å². The Bertz CT molecular complexity index is 350. The third-order valence-electron chi connectivity index (χ3n) is 2.00. The van der Waals surface area contributed by atoms with Gasteiger partial charge in [0, 0.05) is 23.9 Å². The molecular formula is C16H25NO. The second-order valence-electron chi connectivity index (χ2n) is 2.95. The molecule has 0 fully saturated rings. The highest BCUT2D eigenvalue weighted by Crippen LogP contribution is 2.06. The molecule has 0 aliphatic carbocycles. The summed E-state index contributed by atoms with van der Waals surface area (Å²) in [7, 11) is 0. The number of aromatic nitrogens is 1. The minimum absolute atomic E-state index is 0.606. The van der Waals surface area contributed by atoms with Gasteiger partial charge >= 0.3 is 0 Å². The van der Waals surface area contributed by atoms with Gasteiger partial charge in [-0.05, 0) is 24.6 Å². The van der Waals surface area contributed by atoms with Crippen molar-refractivity contribution in [3.05, 3.63) is 53.9 Å². The van der Waals surface area contributed by atoms with Gasteiger partial charge in [-0.3, -0.25) is 9.78 Å². The van der Waals surface area contributed by atoms with E-state index in [4.69, 9.17) is 0 Å². The molecule has 0 N–H and O–H groups in total. The van der Waals surface area contributed by atoms with Gasteiger partial charge in [0.25, 0.3) is 0 Å². The molecule has 1 aromatic heterocycles. The van der Waals surface area contributed by atoms with Crippen molar-refractivity contribution < 1.29 is 4.79 Å². The van der Waals surface area contributed by atoms with E-state index in [0.29, 0.717) is 5.56 Å². The quantitative estimate of drug-likeness (QED) is 0.574. The first-order valence-electron chi connectivity index (χ1n) is 6.48. The van der Waals surface area contributed by atoms with E-state index in [1.165, 1.54) is 0 Å². The molecule has 0 atom stereocenters. The Labute approximate surface area is 111 Å². The van der Waals surface area contributed by atoms with Crippen LogP contribution in [0.2, 0.25) is 0 Å². The van der Waals surface area contributed by atoms with Crippen molar-refractivity contribution >= 4 is 6.29 Å². The minimum Gasteiger partial charge on any atom is -0.298 e. The molecule has 0 aliphatic rings. The summed E-state index contributed by atoms with van der Waals surface area (Å²) in [5, 5.41) is 0. The van der Waals surface area contributed by atoms with Crippen LogP contribution in [0, 0.1) is 0 Å². The fourth-order valence-corrected chi connectivity index (χ4v) is 1.11. The summed E-state index contributed by atoms with van der Waals surface area (Å²) < 4.78 is 0. The van der Waals surface area contributed by atoms with Crippen LogP contribution in [-0.4, -0.2) is 11.3 Å². The van der Waals surface area contributed by atoms with Gasteiger partial charge in [-0.15, -0.1) is 0 Å². The largest absolute Gasteiger partial charge is 0.298 e. The van der Waals surface area contributed by atoms with Crippen molar-refractivity contribution in [1.29, 1.82) is 0 Å². The normalized spacial score (nSPS) is 9.28. The molecule has 2 heteroatoms. The standard InChI is InChI=1S/C12H13NO.2C2H6/c1-3-10(4-2)7-12-6-5-11(9-14)8-13-12;2*1-2/h3-6,8-9H,1,7H2,2H3;2*1-2H3/b10-4+;;. The first kappa shape index (κ1) is 18.7. The number of aldehydes is 1. The van der Waals surface area contributed by atoms with Crippen molar-refractivity contribution in [1.82, 2.24) is 4.98 Å². The smallest absolute Gasteiger partial charge is 0.151 e. The summed E-state index contributed by atoms with van der Waals surface area (Å²) in [6.45, 7) is 13.7. The fourth-order valence-electron chi connectivity index (χ4n) is 1.11. The second-order valence-corrected chi connectivity index (χ2v) is 2.95. The van der Waals surface area contributed by atoms with Crippen LogP contribution in [-0.2, 0) is 6.42 Å². The Morgan fingerprint density at radius 3 is 2.22 bits per heavy atom. The van der Waals surface area contributed by atoms with Crippen molar-refractivity contribution in [2.75, 3.05) is 0 Å². The summed E-state index contributed by atoms with van der Waals surface area (Å²) >= 11 is 0. The van der Waals surface area contributed by atoms with Crippen LogP contribution in [0.15, 0.2) is 42.6 Å². The Morgan fingerprint density at radius 2 is 1.89 bits per heavy atom. The van der Waals surface area contributed by atoms with Crippen LogP contribution in [0.3, 0.4) is 0 Å². The predicted molar refractivity (Wildman–Crippen MR) is 80.0 cm³/mol. The molecule has 0 spiro atoms. The van der Waals surface area contributed by atoms with E-state index in [2.05, 4.69) is 11.6 Å². The Hall–Kier alpha value is -1.70. The number of allylic oxidation sites excluding steroid dienone is 3. The molecule has 1 rings (SSSR count). The van der Waals surface area contributed by atoms with Crippen LogP contribution in [0.5, 0.6) is 0 Å². The molecule has 0 amide bonds. The monoisotopic (exact) mass is 247 g/mol. The molecule has 18 heavy (non-hydrogen) atoms. The van der Waals surface area contributed by atoms with Gasteiger partial charge in [-0.1, -0.05) is 46.4 Å². The molecule has 1 heterocycles. The van der Waals surface area contributed by atoms with Crippen LogP contribution < -0.4 is 0 Å². The third kappa shape index (κ3) is 7.55. The average Bonchev–Trinajstić information content (AvgIpc) is 2.49. The molecule has 1 aromatic rings. The lowest BCUT2D eigenvalue weighted by molar-refractivity contribution is 0.112. The van der Waals surface area contributed by atoms with E-state index in [1.807, 2.05) is 52.8 Å². The SMILES string of the molecule is C=C/C(=C\C)Cc1ccc(C=O)cn1.CC.CC. The molecule has 0 saturated carbocycles. The molecule has 100 valence electrons. The maximum Gasteiger partial charge on any atom is 0.151 e. The zero-order valence-electron chi connectivity index (χ0n) is 12.2. The van der Waals surface area contributed by atoms with Crippen molar-refractivity contribution in [3.63, 3.8) is 0 Å². The van der Waals surface area contributed by atoms with E-state index in [9.17, 15) is 4.79 Å². The van der Waals surface area contributed by atoms with Crippen molar-refractivity contribution in [2.45, 2.75) is 41.0 Å². The number of hydrogen-bond donors (Lipinski definition) is 0. The third-order valence-corrected chi connectivity index (χ3v) is 2.00. The van der Waals surface area contributed by atoms with Crippen molar-refractivity contribution in [2.24, 2.45) is 0 Å². The lowest BCUT2D eigenvalue weighted by Crippen LogP contribution is -1.92. The summed E-state index contributed by atoms with van der Waals surface area (Å²) in [5.41, 5.74) is 2.69. The molecule has 0 radical (unpaired) electrons. The highest BCUT2D eigenvalue weighted by Gasteiger charge is 1.97. The lowest BCUT2D eigenvalue weighted by atomic mass is 10.1. The van der Waals surface area contributed by atoms with E-state index < -0.39 is 0 Å². The van der Waals surface area contributed by atoms with Crippen LogP contribution in [0.1, 0.15) is 50.7 Å². The molecule has 0 aliphatic heterocycles. The topological polar surface area (TPSA) is 30.0 Å². The van der Waals surface area contributed by atoms with E-state index in [0.717, 1.165) is 24.0 Å². The zero-order chi connectivity index (χ0) is 14.4. The molecule has 0 unspecified atom stereocenters. The second kappa shape index (κ2) is 13.4. The fraction of sp³-hybridized carbons (Fsp3) is 0.375. The summed E-state index contributed by atoms with van der Waals surface area (Å²) in [6, 6.07) is 3.63. The van der Waals surface area contributed by atoms with Crippen LogP contribution >= 0.6 is 0 Å². The summed E-state index contributed by atoms with van der Waals surface area (Å²) in [4.78, 5) is 14.6. The Balaban J connectivity index is 0. The molecule has 0 saturated heterocycles. The van der Waals surface area contributed by atoms with Gasteiger partial charge in [-0.2, -0.15) is 0 Å². The van der Waals surface area contributed by atoms with Crippen LogP contribution in [0.25, 0.3) is 0 Å². The van der Waals surface area contributed by atoms with Gasteiger partial charge in [0.15, 0.2) is 6.29 Å². The highest BCUT2D eigenvalue weighted by molar-refractivity contribution is 5.73. The van der Waals surface area contributed by atoms with E-state index in [-0.39, 0.29) is 0 Å². The lowest BCUT2D eigenvalue weighted by Gasteiger charge is -2.00. The minimum atomic E-state index is 0.606. The Kier molecular flexibility index (Phi) is 13.9. The Morgan fingerprint density at radius 1 is 1.28 bits per heavy atom. The molecule has 0 bridgehead atoms. The van der Waals surface area contributed by atoms with Gasteiger partial charge in [0.2, 0.25) is 0 Å².